The third-order valence-electron chi connectivity index (χ3n) is 10.2. The van der Waals surface area contributed by atoms with Crippen LogP contribution in [0.3, 0.4) is 0 Å². The van der Waals surface area contributed by atoms with E-state index < -0.39 is 11.7 Å². The number of carbonyl (C=O) groups is 2. The van der Waals surface area contributed by atoms with Crippen LogP contribution in [0, 0.1) is 34.5 Å². The van der Waals surface area contributed by atoms with Gasteiger partial charge < -0.3 is 14.6 Å². The minimum atomic E-state index is -0.932. The number of carbonyl (C=O) groups excluding carboxylic acids is 2. The van der Waals surface area contributed by atoms with Gasteiger partial charge in [-0.2, -0.15) is 0 Å². The summed E-state index contributed by atoms with van der Waals surface area (Å²) in [6, 6.07) is 0. The highest BCUT2D eigenvalue weighted by atomic mass is 16.6. The zero-order valence-corrected chi connectivity index (χ0v) is 19.4. The largest absolute Gasteiger partial charge is 0.463 e. The summed E-state index contributed by atoms with van der Waals surface area (Å²) in [5.41, 5.74) is -0.816. The number of fused-ring (bicyclic) bond motifs is 5. The fraction of sp³-hybridized carbons (Fsp3) is 0.920. The maximum Gasteiger partial charge on any atom is 0.302 e. The Kier molecular flexibility index (Phi) is 5.52. The van der Waals surface area contributed by atoms with Gasteiger partial charge in [0.15, 0.2) is 0 Å². The van der Waals surface area contributed by atoms with Crippen LogP contribution in [0.15, 0.2) is 0 Å². The number of aliphatic hydroxyl groups is 1. The number of hydrogen-bond donors (Lipinski definition) is 1. The molecule has 0 aliphatic heterocycles. The van der Waals surface area contributed by atoms with Crippen LogP contribution in [0.4, 0.5) is 0 Å². The molecule has 4 aliphatic rings. The van der Waals surface area contributed by atoms with Gasteiger partial charge in [0.05, 0.1) is 0 Å². The fourth-order valence-corrected chi connectivity index (χ4v) is 8.63. The molecule has 4 fully saturated rings. The maximum atomic E-state index is 11.7. The Morgan fingerprint density at radius 2 is 1.63 bits per heavy atom. The van der Waals surface area contributed by atoms with E-state index >= 15 is 0 Å². The first-order valence-corrected chi connectivity index (χ1v) is 12.1. The Morgan fingerprint density at radius 1 is 0.933 bits per heavy atom. The lowest BCUT2D eigenvalue weighted by Gasteiger charge is -2.62. The van der Waals surface area contributed by atoms with Gasteiger partial charge in [0, 0.05) is 19.3 Å². The first kappa shape index (κ1) is 22.1. The van der Waals surface area contributed by atoms with Crippen molar-refractivity contribution in [1.29, 1.82) is 0 Å². The number of rotatable bonds is 3. The van der Waals surface area contributed by atoms with Crippen LogP contribution < -0.4 is 0 Å². The summed E-state index contributed by atoms with van der Waals surface area (Å²) in [7, 11) is 0. The molecule has 0 aromatic carbocycles. The van der Waals surface area contributed by atoms with Crippen molar-refractivity contribution in [3.63, 3.8) is 0 Å². The van der Waals surface area contributed by atoms with E-state index in [0.29, 0.717) is 29.1 Å². The van der Waals surface area contributed by atoms with Gasteiger partial charge in [-0.05, 0) is 93.8 Å². The lowest BCUT2D eigenvalue weighted by molar-refractivity contribution is -0.201. The second-order valence-electron chi connectivity index (χ2n) is 11.3. The van der Waals surface area contributed by atoms with Gasteiger partial charge >= 0.3 is 11.9 Å². The molecule has 8 unspecified atom stereocenters. The Morgan fingerprint density at radius 3 is 2.30 bits per heavy atom. The monoisotopic (exact) mass is 420 g/mol. The molecule has 0 saturated heterocycles. The summed E-state index contributed by atoms with van der Waals surface area (Å²) in [4.78, 5) is 23.0. The van der Waals surface area contributed by atoms with Crippen molar-refractivity contribution in [3.8, 4) is 0 Å². The number of esters is 2. The Balaban J connectivity index is 1.54. The fourth-order valence-electron chi connectivity index (χ4n) is 8.63. The highest BCUT2D eigenvalue weighted by molar-refractivity contribution is 5.66. The van der Waals surface area contributed by atoms with Gasteiger partial charge in [-0.3, -0.25) is 9.59 Å². The maximum absolute atomic E-state index is 11.7. The number of hydrogen-bond acceptors (Lipinski definition) is 5. The average molecular weight is 421 g/mol. The highest BCUT2D eigenvalue weighted by Gasteiger charge is 2.66. The van der Waals surface area contributed by atoms with E-state index in [1.807, 2.05) is 6.92 Å². The van der Waals surface area contributed by atoms with E-state index in [-0.39, 0.29) is 23.5 Å². The van der Waals surface area contributed by atoms with Crippen molar-refractivity contribution in [3.05, 3.63) is 0 Å². The van der Waals surface area contributed by atoms with Crippen LogP contribution in [0.5, 0.6) is 0 Å². The highest BCUT2D eigenvalue weighted by Crippen LogP contribution is 2.68. The topological polar surface area (TPSA) is 72.8 Å². The van der Waals surface area contributed by atoms with Gasteiger partial charge in [0.1, 0.15) is 17.8 Å². The van der Waals surface area contributed by atoms with Crippen LogP contribution in [0.1, 0.15) is 92.4 Å². The van der Waals surface area contributed by atoms with E-state index in [2.05, 4.69) is 13.8 Å². The van der Waals surface area contributed by atoms with E-state index in [1.165, 1.54) is 26.7 Å². The minimum absolute atomic E-state index is 0.0899. The Hall–Kier alpha value is -1.10. The first-order valence-electron chi connectivity index (χ1n) is 12.1. The molecule has 0 aromatic heterocycles. The van der Waals surface area contributed by atoms with Gasteiger partial charge in [-0.15, -0.1) is 0 Å². The third kappa shape index (κ3) is 3.22. The molecule has 5 nitrogen and oxygen atoms in total. The quantitative estimate of drug-likeness (QED) is 0.673. The molecule has 0 radical (unpaired) electrons. The molecule has 30 heavy (non-hydrogen) atoms. The summed E-state index contributed by atoms with van der Waals surface area (Å²) in [5, 5.41) is 11.7. The van der Waals surface area contributed by atoms with Gasteiger partial charge in [-0.1, -0.05) is 13.8 Å². The zero-order valence-electron chi connectivity index (χ0n) is 19.4. The molecule has 1 N–H and O–H groups in total. The molecule has 4 rings (SSSR count). The molecular weight excluding hydrogens is 380 g/mol. The van der Waals surface area contributed by atoms with Crippen molar-refractivity contribution >= 4 is 11.9 Å². The minimum Gasteiger partial charge on any atom is -0.463 e. The molecule has 9 atom stereocenters. The summed E-state index contributed by atoms with van der Waals surface area (Å²) < 4.78 is 11.1. The van der Waals surface area contributed by atoms with E-state index in [0.717, 1.165) is 44.9 Å². The van der Waals surface area contributed by atoms with Crippen molar-refractivity contribution in [1.82, 2.24) is 0 Å². The average Bonchev–Trinajstić information content (AvgIpc) is 2.93. The molecule has 5 heteroatoms. The van der Waals surface area contributed by atoms with Crippen molar-refractivity contribution in [2.24, 2.45) is 34.5 Å². The van der Waals surface area contributed by atoms with Crippen LogP contribution in [-0.2, 0) is 19.1 Å². The van der Waals surface area contributed by atoms with E-state index in [4.69, 9.17) is 9.47 Å². The summed E-state index contributed by atoms with van der Waals surface area (Å²) in [6.45, 7) is 9.57. The van der Waals surface area contributed by atoms with Crippen LogP contribution in [0.2, 0.25) is 0 Å². The van der Waals surface area contributed by atoms with Gasteiger partial charge in [0.25, 0.3) is 0 Å². The Labute approximate surface area is 181 Å². The predicted octanol–water partition coefficient (Wildman–Crippen LogP) is 4.64. The zero-order chi connectivity index (χ0) is 21.9. The third-order valence-corrected chi connectivity index (χ3v) is 10.2. The van der Waals surface area contributed by atoms with Crippen LogP contribution >= 0.6 is 0 Å². The molecule has 0 aromatic rings. The lowest BCUT2D eigenvalue weighted by atomic mass is 9.44. The number of ether oxygens (including phenoxy) is 2. The lowest BCUT2D eigenvalue weighted by Crippen LogP contribution is -2.60. The molecule has 4 saturated carbocycles. The van der Waals surface area contributed by atoms with E-state index in [9.17, 15) is 14.7 Å². The summed E-state index contributed by atoms with van der Waals surface area (Å²) in [6.07, 6.45) is 9.02. The molecule has 0 bridgehead atoms. The summed E-state index contributed by atoms with van der Waals surface area (Å²) in [5.74, 6) is 1.96. The molecular formula is C25H40O5. The molecule has 4 aliphatic carbocycles. The van der Waals surface area contributed by atoms with Gasteiger partial charge in [-0.25, -0.2) is 0 Å². The standard InChI is InChI=1S/C25H40O5/c1-15(29-16(2)26)25(28)13-10-22-20-7-6-18-14-19(30-17(3)27)8-11-23(18,4)21(20)9-12-24(22,25)5/h15,18-22,28H,6-14H2,1-5H3/t15?,18-,19?,20?,21?,22?,23?,24?,25?/m0/s1. The molecule has 170 valence electrons. The molecule has 0 amide bonds. The predicted molar refractivity (Wildman–Crippen MR) is 113 cm³/mol. The SMILES string of the molecule is CC(=O)OC1CCC2(C)C3CCC4(C)C(CCC4(O)C(C)OC(C)=O)C3CC[C@H]2C1. The first-order chi connectivity index (χ1) is 14.0. The second kappa shape index (κ2) is 7.50. The smallest absolute Gasteiger partial charge is 0.302 e. The van der Waals surface area contributed by atoms with Crippen molar-refractivity contribution in [2.45, 2.75) is 110 Å². The van der Waals surface area contributed by atoms with Gasteiger partial charge in [0.2, 0.25) is 0 Å². The van der Waals surface area contributed by atoms with Crippen molar-refractivity contribution in [2.75, 3.05) is 0 Å². The molecule has 0 spiro atoms. The van der Waals surface area contributed by atoms with Crippen LogP contribution in [0.25, 0.3) is 0 Å². The second-order valence-corrected chi connectivity index (χ2v) is 11.3. The molecule has 0 heterocycles. The van der Waals surface area contributed by atoms with Crippen LogP contribution in [-0.4, -0.2) is 34.9 Å². The Bertz CT molecular complexity index is 706. The normalized spacial score (nSPS) is 48.7. The van der Waals surface area contributed by atoms with E-state index in [1.54, 1.807) is 0 Å². The summed E-state index contributed by atoms with van der Waals surface area (Å²) >= 11 is 0. The van der Waals surface area contributed by atoms with Crippen molar-refractivity contribution < 1.29 is 24.2 Å².